The van der Waals surface area contributed by atoms with Gasteiger partial charge in [-0.1, -0.05) is 5.16 Å². The van der Waals surface area contributed by atoms with Crippen LogP contribution in [0.4, 0.5) is 0 Å². The van der Waals surface area contributed by atoms with Crippen molar-refractivity contribution in [3.05, 3.63) is 11.3 Å². The fourth-order valence-electron chi connectivity index (χ4n) is 1.88. The SMILES string of the molecule is Cc1nn(C)c(OC2CCOC2)c1C(N)=NO. The predicted octanol–water partition coefficient (Wildman–Crippen LogP) is -0.00928. The Labute approximate surface area is 98.8 Å². The lowest BCUT2D eigenvalue weighted by Crippen LogP contribution is -2.21. The number of aromatic nitrogens is 2. The van der Waals surface area contributed by atoms with E-state index in [2.05, 4.69) is 10.3 Å². The number of nitrogens with zero attached hydrogens (tertiary/aromatic N) is 3. The molecule has 0 radical (unpaired) electrons. The van der Waals surface area contributed by atoms with Crippen molar-refractivity contribution in [2.45, 2.75) is 19.4 Å². The smallest absolute Gasteiger partial charge is 0.223 e. The molecule has 1 unspecified atom stereocenters. The largest absolute Gasteiger partial charge is 0.471 e. The second-order valence-electron chi connectivity index (χ2n) is 3.98. The Morgan fingerprint density at radius 1 is 1.71 bits per heavy atom. The van der Waals surface area contributed by atoms with Gasteiger partial charge in [0.15, 0.2) is 5.84 Å². The molecule has 0 saturated carbocycles. The Bertz CT molecular complexity index is 435. The van der Waals surface area contributed by atoms with Crippen LogP contribution in [0.3, 0.4) is 0 Å². The molecule has 1 aromatic rings. The highest BCUT2D eigenvalue weighted by molar-refractivity contribution is 6.00. The van der Waals surface area contributed by atoms with Crippen LogP contribution in [-0.2, 0) is 11.8 Å². The Balaban J connectivity index is 2.31. The highest BCUT2D eigenvalue weighted by atomic mass is 16.6. The quantitative estimate of drug-likeness (QED) is 0.335. The molecule has 0 spiro atoms. The minimum absolute atomic E-state index is 0.00418. The summed E-state index contributed by atoms with van der Waals surface area (Å²) >= 11 is 0. The standard InChI is InChI=1S/C10H16N4O3/c1-6-8(9(11)13-15)10(14(2)12-6)17-7-3-4-16-5-7/h7,15H,3-5H2,1-2H3,(H2,11,13). The summed E-state index contributed by atoms with van der Waals surface area (Å²) in [6.07, 6.45) is 0.829. The molecular weight excluding hydrogens is 224 g/mol. The summed E-state index contributed by atoms with van der Waals surface area (Å²) in [5.41, 5.74) is 6.81. The van der Waals surface area contributed by atoms with Crippen molar-refractivity contribution in [2.24, 2.45) is 17.9 Å². The molecule has 1 fully saturated rings. The molecule has 17 heavy (non-hydrogen) atoms. The minimum atomic E-state index is -0.00459. The highest BCUT2D eigenvalue weighted by Gasteiger charge is 2.24. The molecule has 0 aromatic carbocycles. The maximum Gasteiger partial charge on any atom is 0.223 e. The van der Waals surface area contributed by atoms with E-state index in [0.717, 1.165) is 6.42 Å². The Kier molecular flexibility index (Phi) is 3.19. The fourth-order valence-corrected chi connectivity index (χ4v) is 1.88. The van der Waals surface area contributed by atoms with Crippen molar-refractivity contribution in [1.82, 2.24) is 9.78 Å². The zero-order chi connectivity index (χ0) is 12.4. The second-order valence-corrected chi connectivity index (χ2v) is 3.98. The van der Waals surface area contributed by atoms with Crippen molar-refractivity contribution in [2.75, 3.05) is 13.2 Å². The van der Waals surface area contributed by atoms with Gasteiger partial charge in [0.25, 0.3) is 0 Å². The van der Waals surface area contributed by atoms with E-state index in [-0.39, 0.29) is 11.9 Å². The molecule has 0 aliphatic carbocycles. The molecule has 1 aliphatic rings. The zero-order valence-corrected chi connectivity index (χ0v) is 9.88. The van der Waals surface area contributed by atoms with Crippen LogP contribution in [0.25, 0.3) is 0 Å². The number of nitrogens with two attached hydrogens (primary N) is 1. The van der Waals surface area contributed by atoms with Gasteiger partial charge >= 0.3 is 0 Å². The lowest BCUT2D eigenvalue weighted by Gasteiger charge is -2.13. The van der Waals surface area contributed by atoms with E-state index in [1.165, 1.54) is 0 Å². The zero-order valence-electron chi connectivity index (χ0n) is 9.88. The van der Waals surface area contributed by atoms with Crippen LogP contribution in [0, 0.1) is 6.92 Å². The number of aryl methyl sites for hydroxylation is 2. The van der Waals surface area contributed by atoms with Crippen LogP contribution in [-0.4, -0.2) is 40.1 Å². The molecule has 1 aliphatic heterocycles. The van der Waals surface area contributed by atoms with Gasteiger partial charge in [-0.05, 0) is 6.92 Å². The average molecular weight is 240 g/mol. The van der Waals surface area contributed by atoms with Crippen molar-refractivity contribution in [3.8, 4) is 5.88 Å². The highest BCUT2D eigenvalue weighted by Crippen LogP contribution is 2.24. The average Bonchev–Trinajstić information content (AvgIpc) is 2.88. The van der Waals surface area contributed by atoms with Gasteiger partial charge in [-0.15, -0.1) is 0 Å². The minimum Gasteiger partial charge on any atom is -0.471 e. The third-order valence-electron chi connectivity index (χ3n) is 2.70. The number of amidine groups is 1. The molecule has 94 valence electrons. The first-order valence-corrected chi connectivity index (χ1v) is 5.39. The van der Waals surface area contributed by atoms with Gasteiger partial charge in [0.1, 0.15) is 11.7 Å². The molecule has 1 aromatic heterocycles. The number of hydrogen-bond acceptors (Lipinski definition) is 5. The maximum absolute atomic E-state index is 8.75. The third kappa shape index (κ3) is 2.19. The van der Waals surface area contributed by atoms with Gasteiger partial charge in [0.2, 0.25) is 5.88 Å². The van der Waals surface area contributed by atoms with E-state index in [4.69, 9.17) is 20.4 Å². The van der Waals surface area contributed by atoms with E-state index in [1.807, 2.05) is 0 Å². The molecule has 7 heteroatoms. The Morgan fingerprint density at radius 3 is 3.06 bits per heavy atom. The third-order valence-corrected chi connectivity index (χ3v) is 2.70. The lowest BCUT2D eigenvalue weighted by molar-refractivity contribution is 0.134. The van der Waals surface area contributed by atoms with Crippen LogP contribution >= 0.6 is 0 Å². The van der Waals surface area contributed by atoms with Crippen molar-refractivity contribution in [1.29, 1.82) is 0 Å². The topological polar surface area (TPSA) is 94.9 Å². The van der Waals surface area contributed by atoms with Crippen LogP contribution in [0.2, 0.25) is 0 Å². The summed E-state index contributed by atoms with van der Waals surface area (Å²) in [4.78, 5) is 0. The van der Waals surface area contributed by atoms with Gasteiger partial charge < -0.3 is 20.4 Å². The normalized spacial score (nSPS) is 20.8. The van der Waals surface area contributed by atoms with Gasteiger partial charge in [0, 0.05) is 13.5 Å². The molecule has 2 rings (SSSR count). The molecule has 1 atom stereocenters. The summed E-state index contributed by atoms with van der Waals surface area (Å²) in [6, 6.07) is 0. The Morgan fingerprint density at radius 2 is 2.47 bits per heavy atom. The molecule has 1 saturated heterocycles. The van der Waals surface area contributed by atoms with Crippen LogP contribution in [0.1, 0.15) is 17.7 Å². The summed E-state index contributed by atoms with van der Waals surface area (Å²) in [5, 5.41) is 16.0. The lowest BCUT2D eigenvalue weighted by atomic mass is 10.2. The number of ether oxygens (including phenoxy) is 2. The number of hydrogen-bond donors (Lipinski definition) is 2. The maximum atomic E-state index is 8.75. The first kappa shape index (κ1) is 11.7. The molecule has 0 amide bonds. The van der Waals surface area contributed by atoms with Crippen LogP contribution < -0.4 is 10.5 Å². The monoisotopic (exact) mass is 240 g/mol. The van der Waals surface area contributed by atoms with E-state index >= 15 is 0 Å². The number of rotatable bonds is 3. The summed E-state index contributed by atoms with van der Waals surface area (Å²) in [6.45, 7) is 3.03. The first-order chi connectivity index (χ1) is 8.13. The van der Waals surface area contributed by atoms with E-state index < -0.39 is 0 Å². The van der Waals surface area contributed by atoms with E-state index in [9.17, 15) is 0 Å². The van der Waals surface area contributed by atoms with Gasteiger partial charge in [0.05, 0.1) is 18.9 Å². The van der Waals surface area contributed by atoms with E-state index in [0.29, 0.717) is 30.4 Å². The van der Waals surface area contributed by atoms with Crippen LogP contribution in [0.15, 0.2) is 5.16 Å². The summed E-state index contributed by atoms with van der Waals surface area (Å²) in [7, 11) is 1.76. The van der Waals surface area contributed by atoms with Gasteiger partial charge in [-0.3, -0.25) is 0 Å². The Hall–Kier alpha value is -1.76. The molecule has 2 heterocycles. The predicted molar refractivity (Wildman–Crippen MR) is 60.3 cm³/mol. The molecular formula is C10H16N4O3. The van der Waals surface area contributed by atoms with Crippen molar-refractivity contribution in [3.63, 3.8) is 0 Å². The fraction of sp³-hybridized carbons (Fsp3) is 0.600. The van der Waals surface area contributed by atoms with Crippen molar-refractivity contribution < 1.29 is 14.7 Å². The van der Waals surface area contributed by atoms with E-state index in [1.54, 1.807) is 18.7 Å². The molecule has 3 N–H and O–H groups in total. The van der Waals surface area contributed by atoms with Crippen LogP contribution in [0.5, 0.6) is 5.88 Å². The number of oxime groups is 1. The first-order valence-electron chi connectivity index (χ1n) is 5.39. The summed E-state index contributed by atoms with van der Waals surface area (Å²) < 4.78 is 12.6. The van der Waals surface area contributed by atoms with Crippen molar-refractivity contribution >= 4 is 5.84 Å². The van der Waals surface area contributed by atoms with Gasteiger partial charge in [-0.2, -0.15) is 5.10 Å². The molecule has 0 bridgehead atoms. The second kappa shape index (κ2) is 4.62. The molecule has 7 nitrogen and oxygen atoms in total. The summed E-state index contributed by atoms with van der Waals surface area (Å²) in [5.74, 6) is 0.512. The van der Waals surface area contributed by atoms with Gasteiger partial charge in [-0.25, -0.2) is 4.68 Å².